The van der Waals surface area contributed by atoms with Crippen LogP contribution in [0.3, 0.4) is 0 Å². The van der Waals surface area contributed by atoms with Crippen LogP contribution in [0.2, 0.25) is 0 Å². The number of methoxy groups -OCH3 is 1. The van der Waals surface area contributed by atoms with Gasteiger partial charge in [-0.3, -0.25) is 0 Å². The predicted octanol–water partition coefficient (Wildman–Crippen LogP) is 2.44. The molecule has 2 rings (SSSR count). The Bertz CT molecular complexity index is 436. The van der Waals surface area contributed by atoms with Crippen LogP contribution < -0.4 is 10.5 Å². The highest BCUT2D eigenvalue weighted by Gasteiger charge is 2.37. The lowest BCUT2D eigenvalue weighted by molar-refractivity contribution is 0.367. The van der Waals surface area contributed by atoms with Crippen molar-refractivity contribution in [2.24, 2.45) is 5.73 Å². The van der Waals surface area contributed by atoms with E-state index in [4.69, 9.17) is 10.5 Å². The molecule has 1 saturated carbocycles. The first-order valence-corrected chi connectivity index (χ1v) is 6.12. The van der Waals surface area contributed by atoms with Gasteiger partial charge in [0.15, 0.2) is 11.5 Å². The number of aromatic hydroxyl groups is 1. The van der Waals surface area contributed by atoms with E-state index in [0.717, 1.165) is 42.4 Å². The third kappa shape index (κ3) is 2.39. The molecule has 1 fully saturated rings. The van der Waals surface area contributed by atoms with E-state index in [1.165, 1.54) is 0 Å². The smallest absolute Gasteiger partial charge is 0.163 e. The van der Waals surface area contributed by atoms with Crippen molar-refractivity contribution in [1.29, 1.82) is 0 Å². The van der Waals surface area contributed by atoms with Crippen LogP contribution in [0, 0.1) is 13.8 Å². The van der Waals surface area contributed by atoms with E-state index < -0.39 is 0 Å². The number of hydrogen-bond acceptors (Lipinski definition) is 3. The lowest BCUT2D eigenvalue weighted by Crippen LogP contribution is -2.22. The summed E-state index contributed by atoms with van der Waals surface area (Å²) in [4.78, 5) is 0. The summed E-state index contributed by atoms with van der Waals surface area (Å²) in [6.45, 7) is 3.97. The van der Waals surface area contributed by atoms with Gasteiger partial charge in [0.05, 0.1) is 7.11 Å². The topological polar surface area (TPSA) is 55.5 Å². The van der Waals surface area contributed by atoms with Gasteiger partial charge < -0.3 is 15.6 Å². The number of phenolic OH excluding ortho intramolecular Hbond substituents is 1. The maximum atomic E-state index is 10.2. The minimum absolute atomic E-state index is 0.0248. The minimum Gasteiger partial charge on any atom is -0.504 e. The molecule has 0 bridgehead atoms. The highest BCUT2D eigenvalue weighted by atomic mass is 16.5. The quantitative estimate of drug-likeness (QED) is 0.842. The molecule has 0 unspecified atom stereocenters. The Morgan fingerprint density at radius 1 is 1.35 bits per heavy atom. The van der Waals surface area contributed by atoms with Crippen molar-refractivity contribution in [1.82, 2.24) is 0 Å². The van der Waals surface area contributed by atoms with Crippen molar-refractivity contribution in [2.75, 3.05) is 7.11 Å². The Kier molecular flexibility index (Phi) is 3.04. The number of phenols is 1. The largest absolute Gasteiger partial charge is 0.504 e. The molecule has 0 aromatic heterocycles. The fraction of sp³-hybridized carbons (Fsp3) is 0.571. The van der Waals surface area contributed by atoms with Crippen LogP contribution in [0.4, 0.5) is 0 Å². The van der Waals surface area contributed by atoms with Crippen LogP contribution in [0.1, 0.15) is 36.0 Å². The molecule has 0 radical (unpaired) electrons. The molecule has 0 atom stereocenters. The normalized spacial score (nSPS) is 16.9. The lowest BCUT2D eigenvalue weighted by Gasteiger charge is -2.16. The van der Waals surface area contributed by atoms with Crippen LogP contribution in [-0.2, 0) is 6.42 Å². The Labute approximate surface area is 103 Å². The maximum Gasteiger partial charge on any atom is 0.163 e. The second-order valence-electron chi connectivity index (χ2n) is 5.23. The zero-order valence-corrected chi connectivity index (χ0v) is 10.8. The number of aryl methyl sites for hydroxylation is 2. The third-order valence-corrected chi connectivity index (χ3v) is 3.74. The fourth-order valence-electron chi connectivity index (χ4n) is 2.35. The molecule has 0 amide bonds. The van der Waals surface area contributed by atoms with E-state index in [0.29, 0.717) is 5.75 Å². The van der Waals surface area contributed by atoms with Gasteiger partial charge in [0, 0.05) is 11.1 Å². The monoisotopic (exact) mass is 235 g/mol. The van der Waals surface area contributed by atoms with Gasteiger partial charge in [0.1, 0.15) is 0 Å². The molecule has 0 saturated heterocycles. The molecule has 0 aliphatic heterocycles. The van der Waals surface area contributed by atoms with Crippen molar-refractivity contribution in [3.05, 3.63) is 22.8 Å². The molecule has 1 aromatic carbocycles. The summed E-state index contributed by atoms with van der Waals surface area (Å²) in [6.07, 6.45) is 3.98. The molecule has 3 heteroatoms. The number of ether oxygens (including phenoxy) is 1. The van der Waals surface area contributed by atoms with Gasteiger partial charge in [-0.05, 0) is 50.7 Å². The summed E-state index contributed by atoms with van der Waals surface area (Å²) in [6, 6.07) is 2.06. The number of nitrogens with two attached hydrogens (primary N) is 1. The minimum atomic E-state index is 0.0248. The van der Waals surface area contributed by atoms with E-state index in [1.807, 2.05) is 13.8 Å². The van der Waals surface area contributed by atoms with Gasteiger partial charge in [-0.2, -0.15) is 0 Å². The second kappa shape index (κ2) is 4.22. The molecule has 1 aliphatic carbocycles. The Hall–Kier alpha value is -1.22. The van der Waals surface area contributed by atoms with Gasteiger partial charge in [0.2, 0.25) is 0 Å². The summed E-state index contributed by atoms with van der Waals surface area (Å²) >= 11 is 0. The van der Waals surface area contributed by atoms with Crippen LogP contribution in [0.5, 0.6) is 11.5 Å². The van der Waals surface area contributed by atoms with Crippen LogP contribution >= 0.6 is 0 Å². The number of rotatable bonds is 4. The molecule has 94 valence electrons. The molecular formula is C14H21NO2. The highest BCUT2D eigenvalue weighted by molar-refractivity contribution is 5.54. The average molecular weight is 235 g/mol. The molecule has 3 nitrogen and oxygen atoms in total. The van der Waals surface area contributed by atoms with Crippen molar-refractivity contribution in [2.45, 2.75) is 45.1 Å². The Morgan fingerprint density at radius 3 is 2.53 bits per heavy atom. The molecule has 1 aromatic rings. The van der Waals surface area contributed by atoms with Gasteiger partial charge in [0.25, 0.3) is 0 Å². The Morgan fingerprint density at radius 2 is 2.00 bits per heavy atom. The van der Waals surface area contributed by atoms with Crippen molar-refractivity contribution in [3.63, 3.8) is 0 Å². The number of hydrogen-bond donors (Lipinski definition) is 2. The van der Waals surface area contributed by atoms with Gasteiger partial charge in [-0.1, -0.05) is 6.07 Å². The third-order valence-electron chi connectivity index (χ3n) is 3.74. The summed E-state index contributed by atoms with van der Waals surface area (Å²) in [5.74, 6) is 0.877. The lowest BCUT2D eigenvalue weighted by atomic mass is 9.96. The molecule has 0 spiro atoms. The van der Waals surface area contributed by atoms with E-state index in [9.17, 15) is 5.11 Å². The van der Waals surface area contributed by atoms with E-state index >= 15 is 0 Å². The molecule has 17 heavy (non-hydrogen) atoms. The summed E-state index contributed by atoms with van der Waals surface area (Å²) in [5.41, 5.74) is 9.17. The summed E-state index contributed by atoms with van der Waals surface area (Å²) in [7, 11) is 1.59. The van der Waals surface area contributed by atoms with Crippen molar-refractivity contribution >= 4 is 0 Å². The van der Waals surface area contributed by atoms with Crippen molar-refractivity contribution in [3.8, 4) is 11.5 Å². The fourth-order valence-corrected chi connectivity index (χ4v) is 2.35. The van der Waals surface area contributed by atoms with Crippen molar-refractivity contribution < 1.29 is 9.84 Å². The maximum absolute atomic E-state index is 10.2. The highest BCUT2D eigenvalue weighted by Crippen LogP contribution is 2.40. The van der Waals surface area contributed by atoms with Gasteiger partial charge in [-0.25, -0.2) is 0 Å². The van der Waals surface area contributed by atoms with E-state index in [1.54, 1.807) is 7.11 Å². The standard InChI is InChI=1S/C14H21NO2/c1-9-8-10(2)13(17-3)12(16)11(9)4-5-14(15)6-7-14/h8,16H,4-7,15H2,1-3H3. The van der Waals surface area contributed by atoms with Gasteiger partial charge in [-0.15, -0.1) is 0 Å². The zero-order chi connectivity index (χ0) is 12.6. The first-order valence-electron chi connectivity index (χ1n) is 6.12. The van der Waals surface area contributed by atoms with Crippen LogP contribution in [-0.4, -0.2) is 17.8 Å². The SMILES string of the molecule is COc1c(C)cc(C)c(CCC2(N)CC2)c1O. The van der Waals surface area contributed by atoms with Crippen LogP contribution in [0.25, 0.3) is 0 Å². The average Bonchev–Trinajstić information content (AvgIpc) is 2.96. The van der Waals surface area contributed by atoms with Gasteiger partial charge >= 0.3 is 0 Å². The Balaban J connectivity index is 2.25. The first-order chi connectivity index (χ1) is 7.97. The molecule has 1 aliphatic rings. The van der Waals surface area contributed by atoms with E-state index in [-0.39, 0.29) is 11.3 Å². The number of benzene rings is 1. The summed E-state index contributed by atoms with van der Waals surface area (Å²) in [5, 5.41) is 10.2. The molecular weight excluding hydrogens is 214 g/mol. The second-order valence-corrected chi connectivity index (χ2v) is 5.23. The first kappa shape index (κ1) is 12.2. The zero-order valence-electron chi connectivity index (χ0n) is 10.8. The molecule has 0 heterocycles. The predicted molar refractivity (Wildman–Crippen MR) is 68.6 cm³/mol. The van der Waals surface area contributed by atoms with E-state index in [2.05, 4.69) is 6.07 Å². The van der Waals surface area contributed by atoms with Crippen LogP contribution in [0.15, 0.2) is 6.07 Å². The summed E-state index contributed by atoms with van der Waals surface area (Å²) < 4.78 is 5.24. The molecule has 3 N–H and O–H groups in total.